The first-order valence-electron chi connectivity index (χ1n) is 5.41. The van der Waals surface area contributed by atoms with Gasteiger partial charge in [-0.2, -0.15) is 0 Å². The molecule has 104 valence electrons. The van der Waals surface area contributed by atoms with Crippen LogP contribution in [0.25, 0.3) is 0 Å². The van der Waals surface area contributed by atoms with E-state index in [0.29, 0.717) is 16.1 Å². The number of hydrogen-bond acceptors (Lipinski definition) is 4. The molecule has 1 N–H and O–H groups in total. The Morgan fingerprint density at radius 3 is 2.60 bits per heavy atom. The Morgan fingerprint density at radius 1 is 1.25 bits per heavy atom. The van der Waals surface area contributed by atoms with Crippen LogP contribution in [0.4, 0.5) is 0 Å². The van der Waals surface area contributed by atoms with Crippen molar-refractivity contribution in [1.82, 2.24) is 4.98 Å². The van der Waals surface area contributed by atoms with Crippen LogP contribution >= 0.6 is 31.9 Å². The number of pyridine rings is 1. The van der Waals surface area contributed by atoms with E-state index in [4.69, 9.17) is 14.6 Å². The van der Waals surface area contributed by atoms with Gasteiger partial charge in [-0.25, -0.2) is 9.78 Å². The summed E-state index contributed by atoms with van der Waals surface area (Å²) in [6, 6.07) is 6.14. The summed E-state index contributed by atoms with van der Waals surface area (Å²) in [6.45, 7) is 0. The molecule has 0 saturated carbocycles. The Balaban J connectivity index is 2.40. The first kappa shape index (κ1) is 14.8. The van der Waals surface area contributed by atoms with Crippen molar-refractivity contribution in [2.24, 2.45) is 0 Å². The SMILES string of the molecule is COc1ccc(C(=O)O)cc1Oc1ncc(Br)cc1Br. The number of carboxylic acids is 1. The molecular formula is C13H9Br2NO4. The van der Waals surface area contributed by atoms with Gasteiger partial charge in [0.05, 0.1) is 17.1 Å². The number of methoxy groups -OCH3 is 1. The number of ether oxygens (including phenoxy) is 2. The van der Waals surface area contributed by atoms with Gasteiger partial charge in [0, 0.05) is 10.7 Å². The summed E-state index contributed by atoms with van der Waals surface area (Å²) in [4.78, 5) is 15.1. The minimum atomic E-state index is -1.04. The summed E-state index contributed by atoms with van der Waals surface area (Å²) in [7, 11) is 1.48. The van der Waals surface area contributed by atoms with Gasteiger partial charge in [-0.05, 0) is 56.1 Å². The number of carbonyl (C=O) groups is 1. The van der Waals surface area contributed by atoms with Crippen molar-refractivity contribution in [2.75, 3.05) is 7.11 Å². The third-order valence-electron chi connectivity index (χ3n) is 2.39. The van der Waals surface area contributed by atoms with E-state index < -0.39 is 5.97 Å². The average Bonchev–Trinajstić information content (AvgIpc) is 2.41. The summed E-state index contributed by atoms with van der Waals surface area (Å²) in [5, 5.41) is 9.00. The molecule has 5 nitrogen and oxygen atoms in total. The van der Waals surface area contributed by atoms with Crippen LogP contribution in [0.1, 0.15) is 10.4 Å². The Hall–Kier alpha value is -1.60. The van der Waals surface area contributed by atoms with Crippen LogP contribution in [0.15, 0.2) is 39.4 Å². The first-order chi connectivity index (χ1) is 9.51. The number of nitrogens with zero attached hydrogens (tertiary/aromatic N) is 1. The molecule has 0 fully saturated rings. The molecule has 1 aromatic heterocycles. The molecule has 0 aliphatic carbocycles. The van der Waals surface area contributed by atoms with E-state index >= 15 is 0 Å². The average molecular weight is 403 g/mol. The molecule has 0 aliphatic rings. The van der Waals surface area contributed by atoms with Crippen LogP contribution in [-0.4, -0.2) is 23.2 Å². The van der Waals surface area contributed by atoms with Crippen molar-refractivity contribution in [3.8, 4) is 17.4 Å². The lowest BCUT2D eigenvalue weighted by atomic mass is 10.2. The van der Waals surface area contributed by atoms with Crippen molar-refractivity contribution in [1.29, 1.82) is 0 Å². The van der Waals surface area contributed by atoms with Crippen LogP contribution in [-0.2, 0) is 0 Å². The van der Waals surface area contributed by atoms with E-state index in [9.17, 15) is 4.79 Å². The van der Waals surface area contributed by atoms with E-state index in [2.05, 4.69) is 36.8 Å². The fourth-order valence-corrected chi connectivity index (χ4v) is 2.54. The fourth-order valence-electron chi connectivity index (χ4n) is 1.47. The number of benzene rings is 1. The smallest absolute Gasteiger partial charge is 0.335 e. The van der Waals surface area contributed by atoms with E-state index in [1.807, 2.05) is 0 Å². The monoisotopic (exact) mass is 401 g/mol. The summed E-state index contributed by atoms with van der Waals surface area (Å²) in [5.41, 5.74) is 0.106. The molecular weight excluding hydrogens is 394 g/mol. The second-order valence-corrected chi connectivity index (χ2v) is 5.48. The predicted octanol–water partition coefficient (Wildman–Crippen LogP) is 4.11. The van der Waals surface area contributed by atoms with Gasteiger partial charge in [-0.3, -0.25) is 0 Å². The Kier molecular flexibility index (Phi) is 4.61. The normalized spacial score (nSPS) is 10.2. The van der Waals surface area contributed by atoms with Crippen LogP contribution in [0, 0.1) is 0 Å². The first-order valence-corrected chi connectivity index (χ1v) is 7.00. The number of hydrogen-bond donors (Lipinski definition) is 1. The zero-order valence-corrected chi connectivity index (χ0v) is 13.4. The third kappa shape index (κ3) is 3.29. The van der Waals surface area contributed by atoms with Crippen LogP contribution in [0.2, 0.25) is 0 Å². The molecule has 20 heavy (non-hydrogen) atoms. The lowest BCUT2D eigenvalue weighted by molar-refractivity contribution is 0.0696. The Bertz CT molecular complexity index is 661. The number of carboxylic acid groups (broad SMARTS) is 1. The highest BCUT2D eigenvalue weighted by atomic mass is 79.9. The molecule has 2 aromatic rings. The summed E-state index contributed by atoms with van der Waals surface area (Å²) in [5.74, 6) is -0.0242. The zero-order valence-electron chi connectivity index (χ0n) is 10.3. The lowest BCUT2D eigenvalue weighted by Crippen LogP contribution is -1.99. The molecule has 2 rings (SSSR count). The molecule has 0 atom stereocenters. The van der Waals surface area contributed by atoms with E-state index in [1.54, 1.807) is 12.3 Å². The Morgan fingerprint density at radius 2 is 2.00 bits per heavy atom. The second-order valence-electron chi connectivity index (χ2n) is 3.71. The maximum atomic E-state index is 11.0. The van der Waals surface area contributed by atoms with Crippen LogP contribution in [0.3, 0.4) is 0 Å². The molecule has 0 spiro atoms. The molecule has 0 unspecified atom stereocenters. The number of aromatic carboxylic acids is 1. The number of aromatic nitrogens is 1. The molecule has 1 aromatic carbocycles. The zero-order chi connectivity index (χ0) is 14.7. The number of halogens is 2. The van der Waals surface area contributed by atoms with Gasteiger partial charge < -0.3 is 14.6 Å². The van der Waals surface area contributed by atoms with Gasteiger partial charge in [0.25, 0.3) is 0 Å². The highest BCUT2D eigenvalue weighted by molar-refractivity contribution is 9.11. The van der Waals surface area contributed by atoms with Gasteiger partial charge in [0.2, 0.25) is 5.88 Å². The fraction of sp³-hybridized carbons (Fsp3) is 0.0769. The summed E-state index contributed by atoms with van der Waals surface area (Å²) >= 11 is 6.61. The highest BCUT2D eigenvalue weighted by Crippen LogP contribution is 2.35. The van der Waals surface area contributed by atoms with Crippen molar-refractivity contribution in [3.63, 3.8) is 0 Å². The van der Waals surface area contributed by atoms with Gasteiger partial charge >= 0.3 is 5.97 Å². The van der Waals surface area contributed by atoms with Crippen LogP contribution in [0.5, 0.6) is 17.4 Å². The van der Waals surface area contributed by atoms with Gasteiger partial charge in [-0.1, -0.05) is 0 Å². The van der Waals surface area contributed by atoms with Gasteiger partial charge in [0.1, 0.15) is 0 Å². The molecule has 0 aliphatic heterocycles. The largest absolute Gasteiger partial charge is 0.493 e. The molecule has 7 heteroatoms. The summed E-state index contributed by atoms with van der Waals surface area (Å²) < 4.78 is 12.2. The van der Waals surface area contributed by atoms with Crippen molar-refractivity contribution in [2.45, 2.75) is 0 Å². The van der Waals surface area contributed by atoms with Gasteiger partial charge in [-0.15, -0.1) is 0 Å². The van der Waals surface area contributed by atoms with Crippen LogP contribution < -0.4 is 9.47 Å². The molecule has 0 radical (unpaired) electrons. The maximum Gasteiger partial charge on any atom is 0.335 e. The van der Waals surface area contributed by atoms with Crippen molar-refractivity contribution in [3.05, 3.63) is 45.0 Å². The third-order valence-corrected chi connectivity index (χ3v) is 3.39. The minimum absolute atomic E-state index is 0.106. The standard InChI is InChI=1S/C13H9Br2NO4/c1-19-10-3-2-7(13(17)18)4-11(10)20-12-9(15)5-8(14)6-16-12/h2-6H,1H3,(H,17,18). The lowest BCUT2D eigenvalue weighted by Gasteiger charge is -2.11. The quantitative estimate of drug-likeness (QED) is 0.833. The predicted molar refractivity (Wildman–Crippen MR) is 79.7 cm³/mol. The van der Waals surface area contributed by atoms with Gasteiger partial charge in [0.15, 0.2) is 11.5 Å². The van der Waals surface area contributed by atoms with E-state index in [-0.39, 0.29) is 11.3 Å². The summed E-state index contributed by atoms with van der Waals surface area (Å²) in [6.07, 6.45) is 1.58. The minimum Gasteiger partial charge on any atom is -0.493 e. The molecule has 1 heterocycles. The maximum absolute atomic E-state index is 11.0. The molecule has 0 bridgehead atoms. The molecule has 0 amide bonds. The van der Waals surface area contributed by atoms with Crippen molar-refractivity contribution >= 4 is 37.8 Å². The number of rotatable bonds is 4. The topological polar surface area (TPSA) is 68.7 Å². The second kappa shape index (κ2) is 6.23. The van der Waals surface area contributed by atoms with E-state index in [0.717, 1.165) is 4.47 Å². The Labute approximate surface area is 131 Å². The molecule has 0 saturated heterocycles. The van der Waals surface area contributed by atoms with E-state index in [1.165, 1.54) is 25.3 Å². The van der Waals surface area contributed by atoms with Crippen molar-refractivity contribution < 1.29 is 19.4 Å². The highest BCUT2D eigenvalue weighted by Gasteiger charge is 2.13.